The first-order valence-corrected chi connectivity index (χ1v) is 14.2. The number of hydrogen-bond donors (Lipinski definition) is 5. The molecule has 5 fully saturated rings. The average molecular weight is 518 g/mol. The molecule has 0 aromatic rings. The summed E-state index contributed by atoms with van der Waals surface area (Å²) in [5.74, 6) is 1.16. The Labute approximate surface area is 223 Å². The fourth-order valence-electron chi connectivity index (χ4n) is 6.72. The summed E-state index contributed by atoms with van der Waals surface area (Å²) in [6.07, 6.45) is 5.81. The standard InChI is InChI=1S/C27H48BN5O4/c1-16(2)13-21(28-36-20-15-17-14-19(25(17,3)4)27(20,6)37-28)33-22(34)18(9-8-12-31-24(29)30-7)32-23(35)26(5)10-11-26/h16-21H,8-15H2,1-7H3,(H,32,35)(H,33,34)(H3,29,30,31)/t17-,18-,19-,20+,21-,27-/m0/s1. The highest BCUT2D eigenvalue weighted by molar-refractivity contribution is 6.48. The van der Waals surface area contributed by atoms with Gasteiger partial charge in [0, 0.05) is 19.0 Å². The fourth-order valence-corrected chi connectivity index (χ4v) is 6.72. The number of nitrogens with one attached hydrogen (secondary N) is 5. The minimum atomic E-state index is -0.642. The van der Waals surface area contributed by atoms with E-state index in [0.717, 1.165) is 25.7 Å². The van der Waals surface area contributed by atoms with Gasteiger partial charge in [-0.3, -0.25) is 15.0 Å². The molecule has 0 unspecified atom stereocenters. The van der Waals surface area contributed by atoms with E-state index in [1.807, 2.05) is 6.92 Å². The van der Waals surface area contributed by atoms with Gasteiger partial charge in [-0.05, 0) is 75.0 Å². The Balaban J connectivity index is 1.43. The van der Waals surface area contributed by atoms with Gasteiger partial charge in [-0.1, -0.05) is 34.6 Å². The summed E-state index contributed by atoms with van der Waals surface area (Å²) in [6, 6.07) is -0.642. The van der Waals surface area contributed by atoms with Gasteiger partial charge in [-0.2, -0.15) is 0 Å². The normalized spacial score (nSPS) is 32.0. The van der Waals surface area contributed by atoms with Crippen LogP contribution in [-0.2, 0) is 18.9 Å². The summed E-state index contributed by atoms with van der Waals surface area (Å²) in [5, 5.41) is 19.7. The lowest BCUT2D eigenvalue weighted by Crippen LogP contribution is -2.65. The third kappa shape index (κ3) is 5.65. The van der Waals surface area contributed by atoms with Crippen molar-refractivity contribution in [1.29, 1.82) is 5.41 Å². The van der Waals surface area contributed by atoms with Crippen LogP contribution in [0.3, 0.4) is 0 Å². The minimum Gasteiger partial charge on any atom is -0.404 e. The molecule has 5 rings (SSSR count). The van der Waals surface area contributed by atoms with Crippen molar-refractivity contribution in [3.8, 4) is 0 Å². The molecule has 0 spiro atoms. The van der Waals surface area contributed by atoms with Crippen LogP contribution < -0.4 is 21.3 Å². The molecule has 0 radical (unpaired) electrons. The van der Waals surface area contributed by atoms with E-state index in [9.17, 15) is 9.59 Å². The first kappa shape index (κ1) is 28.2. The lowest BCUT2D eigenvalue weighted by atomic mass is 9.43. The molecule has 4 aliphatic carbocycles. The minimum absolute atomic E-state index is 0.0553. The van der Waals surface area contributed by atoms with Crippen molar-refractivity contribution >= 4 is 24.9 Å². The van der Waals surface area contributed by atoms with Crippen LogP contribution >= 0.6 is 0 Å². The van der Waals surface area contributed by atoms with Crippen molar-refractivity contribution in [1.82, 2.24) is 21.3 Å². The quantitative estimate of drug-likeness (QED) is 0.124. The summed E-state index contributed by atoms with van der Waals surface area (Å²) < 4.78 is 13.2. The van der Waals surface area contributed by atoms with E-state index in [-0.39, 0.29) is 46.3 Å². The van der Waals surface area contributed by atoms with Crippen LogP contribution in [-0.4, -0.2) is 62.2 Å². The molecule has 1 heterocycles. The SMILES string of the molecule is CNC(=N)NCCC[C@H](NC(=O)C1(C)CC1)C(=O)N[C@@H](CC(C)C)B1O[C@@H]2C[C@@H]3C[C@@H](C3(C)C)[C@]2(C)O1. The van der Waals surface area contributed by atoms with Crippen LogP contribution in [0.4, 0.5) is 0 Å². The first-order valence-electron chi connectivity index (χ1n) is 14.2. The highest BCUT2D eigenvalue weighted by atomic mass is 16.7. The van der Waals surface area contributed by atoms with Crippen molar-refractivity contribution in [3.05, 3.63) is 0 Å². The van der Waals surface area contributed by atoms with E-state index in [4.69, 9.17) is 14.7 Å². The van der Waals surface area contributed by atoms with Crippen LogP contribution in [0, 0.1) is 34.0 Å². The van der Waals surface area contributed by atoms with Crippen molar-refractivity contribution in [2.24, 2.45) is 28.6 Å². The number of hydrogen-bond acceptors (Lipinski definition) is 5. The van der Waals surface area contributed by atoms with Gasteiger partial charge in [0.15, 0.2) is 5.96 Å². The number of guanidine groups is 1. The molecule has 0 aromatic heterocycles. The average Bonchev–Trinajstić information content (AvgIpc) is 3.48. The van der Waals surface area contributed by atoms with Crippen LogP contribution in [0.25, 0.3) is 0 Å². The number of amides is 2. The summed E-state index contributed by atoms with van der Waals surface area (Å²) in [6.45, 7) is 13.7. The topological polar surface area (TPSA) is 125 Å². The van der Waals surface area contributed by atoms with E-state index < -0.39 is 13.2 Å². The summed E-state index contributed by atoms with van der Waals surface area (Å²) in [4.78, 5) is 26.5. The van der Waals surface area contributed by atoms with Crippen molar-refractivity contribution in [2.75, 3.05) is 13.6 Å². The summed E-state index contributed by atoms with van der Waals surface area (Å²) >= 11 is 0. The Morgan fingerprint density at radius 3 is 2.41 bits per heavy atom. The Morgan fingerprint density at radius 1 is 1.11 bits per heavy atom. The van der Waals surface area contributed by atoms with E-state index in [2.05, 4.69) is 55.9 Å². The number of carbonyl (C=O) groups is 2. The fraction of sp³-hybridized carbons (Fsp3) is 0.889. The monoisotopic (exact) mass is 517 g/mol. The highest BCUT2D eigenvalue weighted by Gasteiger charge is 2.68. The lowest BCUT2D eigenvalue weighted by molar-refractivity contribution is -0.199. The molecule has 6 atom stereocenters. The molecule has 10 heteroatoms. The second-order valence-corrected chi connectivity index (χ2v) is 13.4. The number of carbonyl (C=O) groups excluding carboxylic acids is 2. The van der Waals surface area contributed by atoms with Crippen LogP contribution in [0.5, 0.6) is 0 Å². The maximum absolute atomic E-state index is 13.6. The van der Waals surface area contributed by atoms with Gasteiger partial charge < -0.3 is 30.6 Å². The van der Waals surface area contributed by atoms with Gasteiger partial charge in [0.2, 0.25) is 11.8 Å². The Bertz CT molecular complexity index is 894. The molecular formula is C27H48BN5O4. The molecule has 1 saturated heterocycles. The smallest absolute Gasteiger partial charge is 0.404 e. The molecular weight excluding hydrogens is 469 g/mol. The van der Waals surface area contributed by atoms with E-state index in [1.54, 1.807) is 7.05 Å². The Hall–Kier alpha value is -1.81. The number of rotatable bonds is 11. The Kier molecular flexibility index (Phi) is 7.93. The first-order chi connectivity index (χ1) is 17.3. The van der Waals surface area contributed by atoms with Crippen LogP contribution in [0.1, 0.15) is 86.5 Å². The predicted octanol–water partition coefficient (Wildman–Crippen LogP) is 2.59. The summed E-state index contributed by atoms with van der Waals surface area (Å²) in [5.41, 5.74) is -0.440. The maximum Gasteiger partial charge on any atom is 0.481 e. The molecule has 9 nitrogen and oxygen atoms in total. The van der Waals surface area contributed by atoms with E-state index in [1.165, 1.54) is 6.42 Å². The largest absolute Gasteiger partial charge is 0.481 e. The molecule has 208 valence electrons. The third-order valence-corrected chi connectivity index (χ3v) is 9.74. The van der Waals surface area contributed by atoms with Crippen molar-refractivity contribution in [3.63, 3.8) is 0 Å². The van der Waals surface area contributed by atoms with Gasteiger partial charge >= 0.3 is 7.12 Å². The van der Waals surface area contributed by atoms with E-state index >= 15 is 0 Å². The second kappa shape index (κ2) is 10.4. The molecule has 4 saturated carbocycles. The van der Waals surface area contributed by atoms with E-state index in [0.29, 0.717) is 37.1 Å². The van der Waals surface area contributed by atoms with Gasteiger partial charge in [0.1, 0.15) is 6.04 Å². The molecule has 37 heavy (non-hydrogen) atoms. The molecule has 2 amide bonds. The van der Waals surface area contributed by atoms with Gasteiger partial charge in [-0.25, -0.2) is 0 Å². The molecule has 1 aliphatic heterocycles. The molecule has 5 N–H and O–H groups in total. The maximum atomic E-state index is 13.6. The Morgan fingerprint density at radius 2 is 1.81 bits per heavy atom. The van der Waals surface area contributed by atoms with Gasteiger partial charge in [-0.15, -0.1) is 0 Å². The van der Waals surface area contributed by atoms with Crippen LogP contribution in [0.2, 0.25) is 0 Å². The second-order valence-electron chi connectivity index (χ2n) is 13.4. The highest BCUT2D eigenvalue weighted by Crippen LogP contribution is 2.65. The van der Waals surface area contributed by atoms with Crippen molar-refractivity contribution in [2.45, 2.75) is 110 Å². The lowest BCUT2D eigenvalue weighted by Gasteiger charge is -2.64. The molecule has 0 aromatic carbocycles. The third-order valence-electron chi connectivity index (χ3n) is 9.74. The zero-order valence-electron chi connectivity index (χ0n) is 23.8. The van der Waals surface area contributed by atoms with Gasteiger partial charge in [0.25, 0.3) is 0 Å². The van der Waals surface area contributed by atoms with Crippen molar-refractivity contribution < 1.29 is 18.9 Å². The zero-order chi connectivity index (χ0) is 27.2. The molecule has 2 bridgehead atoms. The summed E-state index contributed by atoms with van der Waals surface area (Å²) in [7, 11) is 1.19. The predicted molar refractivity (Wildman–Crippen MR) is 145 cm³/mol. The molecule has 5 aliphatic rings. The van der Waals surface area contributed by atoms with Gasteiger partial charge in [0.05, 0.1) is 17.6 Å². The van der Waals surface area contributed by atoms with Crippen LogP contribution in [0.15, 0.2) is 0 Å². The zero-order valence-corrected chi connectivity index (χ0v) is 23.8.